The molecule has 2 nitrogen and oxygen atoms in total. The lowest BCUT2D eigenvalue weighted by Crippen LogP contribution is -2.32. The van der Waals surface area contributed by atoms with Crippen molar-refractivity contribution in [3.63, 3.8) is 0 Å². The van der Waals surface area contributed by atoms with E-state index in [0.717, 1.165) is 26.1 Å². The Hall–Kier alpha value is -1.12. The van der Waals surface area contributed by atoms with E-state index in [1.807, 2.05) is 12.1 Å². The standard InChI is InChI=1S/C14H19NO/c1-2-8-14(16)9-10-15(12-14)11-13-6-4-3-5-7-13/h2-7,16H,1,8-12H2. The fraction of sp³-hybridized carbons (Fsp3) is 0.429. The quantitative estimate of drug-likeness (QED) is 0.782. The second-order valence-electron chi connectivity index (χ2n) is 4.66. The summed E-state index contributed by atoms with van der Waals surface area (Å²) < 4.78 is 0. The van der Waals surface area contributed by atoms with E-state index in [-0.39, 0.29) is 0 Å². The zero-order valence-corrected chi connectivity index (χ0v) is 9.60. The molecule has 1 fully saturated rings. The Morgan fingerprint density at radius 2 is 2.12 bits per heavy atom. The molecule has 1 aliphatic heterocycles. The molecule has 2 heteroatoms. The van der Waals surface area contributed by atoms with Gasteiger partial charge in [-0.1, -0.05) is 36.4 Å². The molecule has 0 spiro atoms. The second kappa shape index (κ2) is 4.81. The first-order chi connectivity index (χ1) is 7.72. The number of hydrogen-bond acceptors (Lipinski definition) is 2. The summed E-state index contributed by atoms with van der Waals surface area (Å²) in [7, 11) is 0. The van der Waals surface area contributed by atoms with Crippen LogP contribution < -0.4 is 0 Å². The van der Waals surface area contributed by atoms with Crippen LogP contribution in [0, 0.1) is 0 Å². The van der Waals surface area contributed by atoms with Gasteiger partial charge in [-0.05, 0) is 18.4 Å². The van der Waals surface area contributed by atoms with Gasteiger partial charge in [0.25, 0.3) is 0 Å². The molecule has 86 valence electrons. The van der Waals surface area contributed by atoms with Gasteiger partial charge >= 0.3 is 0 Å². The van der Waals surface area contributed by atoms with Crippen LogP contribution in [-0.4, -0.2) is 28.7 Å². The van der Waals surface area contributed by atoms with Gasteiger partial charge in [0, 0.05) is 19.6 Å². The molecule has 1 N–H and O–H groups in total. The number of β-amino-alcohol motifs (C(OH)–C–C–N with tert-alkyl or cyclic N) is 1. The van der Waals surface area contributed by atoms with Gasteiger partial charge in [-0.2, -0.15) is 0 Å². The predicted molar refractivity (Wildman–Crippen MR) is 66.1 cm³/mol. The number of benzene rings is 1. The molecular weight excluding hydrogens is 198 g/mol. The Bertz CT molecular complexity index is 349. The van der Waals surface area contributed by atoms with Crippen LogP contribution in [0.5, 0.6) is 0 Å². The molecule has 1 saturated heterocycles. The average molecular weight is 217 g/mol. The van der Waals surface area contributed by atoms with Gasteiger partial charge in [0.1, 0.15) is 0 Å². The highest BCUT2D eigenvalue weighted by Gasteiger charge is 2.34. The minimum absolute atomic E-state index is 0.545. The largest absolute Gasteiger partial charge is 0.388 e. The maximum Gasteiger partial charge on any atom is 0.0820 e. The highest BCUT2D eigenvalue weighted by atomic mass is 16.3. The van der Waals surface area contributed by atoms with Crippen molar-refractivity contribution < 1.29 is 5.11 Å². The van der Waals surface area contributed by atoms with Crippen LogP contribution in [0.1, 0.15) is 18.4 Å². The number of aliphatic hydroxyl groups is 1. The van der Waals surface area contributed by atoms with E-state index in [1.165, 1.54) is 5.56 Å². The van der Waals surface area contributed by atoms with Gasteiger partial charge in [-0.15, -0.1) is 6.58 Å². The third-order valence-corrected chi connectivity index (χ3v) is 3.18. The summed E-state index contributed by atoms with van der Waals surface area (Å²) in [5.41, 5.74) is 0.765. The lowest BCUT2D eigenvalue weighted by Gasteiger charge is -2.21. The molecule has 1 aromatic rings. The minimum atomic E-state index is -0.545. The van der Waals surface area contributed by atoms with Crippen molar-refractivity contribution in [2.24, 2.45) is 0 Å². The van der Waals surface area contributed by atoms with Gasteiger partial charge in [-0.3, -0.25) is 4.90 Å². The third-order valence-electron chi connectivity index (χ3n) is 3.18. The molecule has 1 heterocycles. The molecule has 0 radical (unpaired) electrons. The SMILES string of the molecule is C=CCC1(O)CCN(Cc2ccccc2)C1. The average Bonchev–Trinajstić information content (AvgIpc) is 2.62. The summed E-state index contributed by atoms with van der Waals surface area (Å²) >= 11 is 0. The molecule has 0 saturated carbocycles. The minimum Gasteiger partial charge on any atom is -0.388 e. The van der Waals surface area contributed by atoms with Crippen molar-refractivity contribution in [1.29, 1.82) is 0 Å². The summed E-state index contributed by atoms with van der Waals surface area (Å²) in [4.78, 5) is 2.30. The van der Waals surface area contributed by atoms with Crippen LogP contribution in [0.2, 0.25) is 0 Å². The van der Waals surface area contributed by atoms with Crippen LogP contribution >= 0.6 is 0 Å². The maximum atomic E-state index is 10.2. The van der Waals surface area contributed by atoms with Gasteiger partial charge in [0.05, 0.1) is 5.60 Å². The summed E-state index contributed by atoms with van der Waals surface area (Å²) in [6, 6.07) is 10.4. The Labute approximate surface area is 97.2 Å². The first kappa shape index (κ1) is 11.4. The van der Waals surface area contributed by atoms with Crippen molar-refractivity contribution in [3.8, 4) is 0 Å². The van der Waals surface area contributed by atoms with Crippen LogP contribution in [0.25, 0.3) is 0 Å². The van der Waals surface area contributed by atoms with Crippen molar-refractivity contribution in [2.75, 3.05) is 13.1 Å². The second-order valence-corrected chi connectivity index (χ2v) is 4.66. The zero-order valence-electron chi connectivity index (χ0n) is 9.60. The summed E-state index contributed by atoms with van der Waals surface area (Å²) in [5, 5.41) is 10.2. The predicted octanol–water partition coefficient (Wildman–Crippen LogP) is 2.20. The van der Waals surface area contributed by atoms with E-state index in [9.17, 15) is 5.11 Å². The maximum absolute atomic E-state index is 10.2. The van der Waals surface area contributed by atoms with E-state index >= 15 is 0 Å². The Morgan fingerprint density at radius 1 is 1.38 bits per heavy atom. The molecular formula is C14H19NO. The van der Waals surface area contributed by atoms with Crippen molar-refractivity contribution in [2.45, 2.75) is 25.0 Å². The molecule has 1 unspecified atom stereocenters. The number of nitrogens with zero attached hydrogens (tertiary/aromatic N) is 1. The van der Waals surface area contributed by atoms with E-state index in [1.54, 1.807) is 0 Å². The van der Waals surface area contributed by atoms with Crippen LogP contribution in [0.4, 0.5) is 0 Å². The van der Waals surface area contributed by atoms with Crippen LogP contribution in [-0.2, 0) is 6.54 Å². The molecule has 2 rings (SSSR count). The normalized spacial score (nSPS) is 25.8. The lowest BCUT2D eigenvalue weighted by molar-refractivity contribution is 0.0516. The summed E-state index contributed by atoms with van der Waals surface area (Å²) in [6.07, 6.45) is 3.36. The number of rotatable bonds is 4. The van der Waals surface area contributed by atoms with E-state index in [4.69, 9.17) is 0 Å². The smallest absolute Gasteiger partial charge is 0.0820 e. The first-order valence-electron chi connectivity index (χ1n) is 5.81. The van der Waals surface area contributed by atoms with Crippen molar-refractivity contribution in [1.82, 2.24) is 4.90 Å². The molecule has 1 aliphatic rings. The first-order valence-corrected chi connectivity index (χ1v) is 5.81. The highest BCUT2D eigenvalue weighted by Crippen LogP contribution is 2.26. The Kier molecular flexibility index (Phi) is 3.42. The molecule has 1 atom stereocenters. The molecule has 16 heavy (non-hydrogen) atoms. The Morgan fingerprint density at radius 3 is 2.81 bits per heavy atom. The third kappa shape index (κ3) is 2.71. The molecule has 0 amide bonds. The fourth-order valence-corrected chi connectivity index (χ4v) is 2.35. The number of hydrogen-bond donors (Lipinski definition) is 1. The van der Waals surface area contributed by atoms with E-state index in [0.29, 0.717) is 6.42 Å². The van der Waals surface area contributed by atoms with Crippen LogP contribution in [0.3, 0.4) is 0 Å². The molecule has 0 aliphatic carbocycles. The monoisotopic (exact) mass is 217 g/mol. The Balaban J connectivity index is 1.92. The van der Waals surface area contributed by atoms with Crippen LogP contribution in [0.15, 0.2) is 43.0 Å². The summed E-state index contributed by atoms with van der Waals surface area (Å²) in [5.74, 6) is 0. The zero-order chi connectivity index (χ0) is 11.4. The van der Waals surface area contributed by atoms with Crippen molar-refractivity contribution >= 4 is 0 Å². The lowest BCUT2D eigenvalue weighted by atomic mass is 9.99. The highest BCUT2D eigenvalue weighted by molar-refractivity contribution is 5.15. The van der Waals surface area contributed by atoms with Gasteiger partial charge in [0.15, 0.2) is 0 Å². The van der Waals surface area contributed by atoms with Gasteiger partial charge < -0.3 is 5.11 Å². The summed E-state index contributed by atoms with van der Waals surface area (Å²) in [6.45, 7) is 6.36. The van der Waals surface area contributed by atoms with Gasteiger partial charge in [0.2, 0.25) is 0 Å². The molecule has 0 bridgehead atoms. The fourth-order valence-electron chi connectivity index (χ4n) is 2.35. The molecule has 1 aromatic carbocycles. The topological polar surface area (TPSA) is 23.5 Å². The van der Waals surface area contributed by atoms with Crippen molar-refractivity contribution in [3.05, 3.63) is 48.6 Å². The van der Waals surface area contributed by atoms with Gasteiger partial charge in [-0.25, -0.2) is 0 Å². The molecule has 0 aromatic heterocycles. The number of likely N-dealkylation sites (tertiary alicyclic amines) is 1. The van der Waals surface area contributed by atoms with E-state index in [2.05, 4.69) is 35.7 Å². The van der Waals surface area contributed by atoms with E-state index < -0.39 is 5.60 Å².